The van der Waals surface area contributed by atoms with Crippen molar-refractivity contribution in [3.05, 3.63) is 46.8 Å². The van der Waals surface area contributed by atoms with Crippen LogP contribution in [0.15, 0.2) is 24.3 Å². The molecule has 2 heterocycles. The van der Waals surface area contributed by atoms with Gasteiger partial charge in [0, 0.05) is 13.1 Å². The summed E-state index contributed by atoms with van der Waals surface area (Å²) in [5.41, 5.74) is 4.33. The largest absolute Gasteiger partial charge is 0.356 e. The summed E-state index contributed by atoms with van der Waals surface area (Å²) >= 11 is 0. The number of carbonyl (C=O) groups is 2. The fourth-order valence-electron chi connectivity index (χ4n) is 3.63. The van der Waals surface area contributed by atoms with E-state index < -0.39 is 12.1 Å². The smallest absolute Gasteiger partial charge is 0.256 e. The van der Waals surface area contributed by atoms with Gasteiger partial charge in [0.25, 0.3) is 5.91 Å². The molecular weight excluding hydrogens is 356 g/mol. The Balaban J connectivity index is 1.91. The quantitative estimate of drug-likeness (QED) is 0.879. The van der Waals surface area contributed by atoms with Crippen LogP contribution in [0.3, 0.4) is 0 Å². The zero-order chi connectivity index (χ0) is 20.6. The van der Waals surface area contributed by atoms with Crippen LogP contribution in [-0.4, -0.2) is 46.3 Å². The summed E-state index contributed by atoms with van der Waals surface area (Å²) in [5, 5.41) is 7.50. The van der Waals surface area contributed by atoms with Crippen molar-refractivity contribution in [1.29, 1.82) is 0 Å². The van der Waals surface area contributed by atoms with Gasteiger partial charge in [0.05, 0.1) is 23.1 Å². The summed E-state index contributed by atoms with van der Waals surface area (Å²) in [6.45, 7) is 9.78. The van der Waals surface area contributed by atoms with E-state index in [1.54, 1.807) is 11.9 Å². The van der Waals surface area contributed by atoms with E-state index in [0.29, 0.717) is 5.69 Å². The molecule has 1 fully saturated rings. The molecule has 2 amide bonds. The Bertz CT molecular complexity index is 886. The van der Waals surface area contributed by atoms with Gasteiger partial charge in [-0.3, -0.25) is 14.3 Å². The number of likely N-dealkylation sites (N-methyl/N-ethyl adjacent to an activating group) is 1. The molecule has 7 heteroatoms. The molecule has 2 aromatic rings. The Morgan fingerprint density at radius 1 is 1.21 bits per heavy atom. The van der Waals surface area contributed by atoms with Crippen molar-refractivity contribution in [3.63, 3.8) is 0 Å². The third kappa shape index (κ3) is 3.67. The van der Waals surface area contributed by atoms with Crippen molar-refractivity contribution in [2.75, 3.05) is 19.0 Å². The third-order valence-electron chi connectivity index (χ3n) is 5.22. The van der Waals surface area contributed by atoms with Gasteiger partial charge in [0.2, 0.25) is 5.91 Å². The standard InChI is InChI=1S/C21H28N4O3/c1-12(2)25-15(5)18(14(4)23-25)22-21(27)20-19(24(6)17(26)11-28-20)16-9-7-13(3)8-10-16/h7-10,12,19-20H,11H2,1-6H3,(H,22,27)/t19-,20+/m1/s1. The lowest BCUT2D eigenvalue weighted by Crippen LogP contribution is -2.51. The Morgan fingerprint density at radius 3 is 2.43 bits per heavy atom. The number of aromatic nitrogens is 2. The van der Waals surface area contributed by atoms with Gasteiger partial charge in [-0.1, -0.05) is 29.8 Å². The van der Waals surface area contributed by atoms with Crippen molar-refractivity contribution in [3.8, 4) is 0 Å². The van der Waals surface area contributed by atoms with E-state index in [4.69, 9.17) is 4.74 Å². The number of carbonyl (C=O) groups excluding carboxylic acids is 2. The predicted molar refractivity (Wildman–Crippen MR) is 107 cm³/mol. The molecule has 1 saturated heterocycles. The maximum Gasteiger partial charge on any atom is 0.256 e. The highest BCUT2D eigenvalue weighted by atomic mass is 16.5. The molecule has 1 aliphatic rings. The number of rotatable bonds is 4. The predicted octanol–water partition coefficient (Wildman–Crippen LogP) is 2.93. The summed E-state index contributed by atoms with van der Waals surface area (Å²) in [7, 11) is 1.71. The highest BCUT2D eigenvalue weighted by molar-refractivity contribution is 5.97. The molecule has 0 saturated carbocycles. The van der Waals surface area contributed by atoms with Gasteiger partial charge in [-0.05, 0) is 40.2 Å². The molecule has 0 spiro atoms. The van der Waals surface area contributed by atoms with E-state index in [9.17, 15) is 9.59 Å². The minimum Gasteiger partial charge on any atom is -0.356 e. The number of ether oxygens (including phenoxy) is 1. The summed E-state index contributed by atoms with van der Waals surface area (Å²) in [5.74, 6) is -0.422. The molecule has 1 aliphatic heterocycles. The summed E-state index contributed by atoms with van der Waals surface area (Å²) in [6, 6.07) is 7.52. The van der Waals surface area contributed by atoms with E-state index in [2.05, 4.69) is 10.4 Å². The second-order valence-corrected chi connectivity index (χ2v) is 7.67. The first-order chi connectivity index (χ1) is 13.2. The SMILES string of the molecule is Cc1ccc([C@@H]2[C@@H](C(=O)Nc3c(C)nn(C(C)C)c3C)OCC(=O)N2C)cc1. The normalized spacial score (nSPS) is 20.0. The molecule has 1 aromatic carbocycles. The molecule has 28 heavy (non-hydrogen) atoms. The average molecular weight is 384 g/mol. The van der Waals surface area contributed by atoms with Crippen LogP contribution in [0.2, 0.25) is 0 Å². The number of amides is 2. The van der Waals surface area contributed by atoms with Gasteiger partial charge in [-0.2, -0.15) is 5.10 Å². The minimum absolute atomic E-state index is 0.111. The number of nitrogens with one attached hydrogen (secondary N) is 1. The van der Waals surface area contributed by atoms with E-state index in [-0.39, 0.29) is 24.5 Å². The molecule has 0 aliphatic carbocycles. The first-order valence-electron chi connectivity index (χ1n) is 9.51. The van der Waals surface area contributed by atoms with E-state index in [1.165, 1.54) is 0 Å². The van der Waals surface area contributed by atoms with E-state index in [1.807, 2.05) is 63.6 Å². The van der Waals surface area contributed by atoms with Crippen LogP contribution in [-0.2, 0) is 14.3 Å². The molecule has 150 valence electrons. The Kier molecular flexibility index (Phi) is 5.56. The second-order valence-electron chi connectivity index (χ2n) is 7.67. The van der Waals surface area contributed by atoms with E-state index >= 15 is 0 Å². The van der Waals surface area contributed by atoms with Gasteiger partial charge in [0.1, 0.15) is 6.61 Å². The monoisotopic (exact) mass is 384 g/mol. The van der Waals surface area contributed by atoms with Gasteiger partial charge in [-0.25, -0.2) is 0 Å². The van der Waals surface area contributed by atoms with Crippen LogP contribution in [0.5, 0.6) is 0 Å². The second kappa shape index (κ2) is 7.75. The molecule has 0 unspecified atom stereocenters. The van der Waals surface area contributed by atoms with Crippen molar-refractivity contribution < 1.29 is 14.3 Å². The first kappa shape index (κ1) is 20.1. The highest BCUT2D eigenvalue weighted by Gasteiger charge is 2.40. The van der Waals surface area contributed by atoms with Crippen molar-refractivity contribution >= 4 is 17.5 Å². The number of nitrogens with zero attached hydrogens (tertiary/aromatic N) is 3. The van der Waals surface area contributed by atoms with Gasteiger partial charge >= 0.3 is 0 Å². The fraction of sp³-hybridized carbons (Fsp3) is 0.476. The number of hydrogen-bond donors (Lipinski definition) is 1. The fourth-order valence-corrected chi connectivity index (χ4v) is 3.63. The van der Waals surface area contributed by atoms with Crippen LogP contribution in [0.1, 0.15) is 48.4 Å². The van der Waals surface area contributed by atoms with E-state index in [0.717, 1.165) is 22.5 Å². The number of morpholine rings is 1. The number of benzene rings is 1. The highest BCUT2D eigenvalue weighted by Crippen LogP contribution is 2.31. The lowest BCUT2D eigenvalue weighted by Gasteiger charge is -2.38. The molecule has 0 radical (unpaired) electrons. The van der Waals surface area contributed by atoms with Crippen LogP contribution in [0, 0.1) is 20.8 Å². The average Bonchev–Trinajstić information content (AvgIpc) is 2.93. The molecular formula is C21H28N4O3. The minimum atomic E-state index is -0.799. The maximum atomic E-state index is 13.1. The number of aryl methyl sites for hydroxylation is 2. The summed E-state index contributed by atoms with van der Waals surface area (Å²) in [4.78, 5) is 26.9. The lowest BCUT2D eigenvalue weighted by molar-refractivity contribution is -0.160. The number of anilines is 1. The van der Waals surface area contributed by atoms with Crippen LogP contribution < -0.4 is 5.32 Å². The van der Waals surface area contributed by atoms with Crippen LogP contribution >= 0.6 is 0 Å². The topological polar surface area (TPSA) is 76.5 Å². The zero-order valence-electron chi connectivity index (χ0n) is 17.3. The van der Waals surface area contributed by atoms with Crippen molar-refractivity contribution in [1.82, 2.24) is 14.7 Å². The van der Waals surface area contributed by atoms with Crippen molar-refractivity contribution in [2.45, 2.75) is 52.8 Å². The molecule has 2 atom stereocenters. The Labute approximate surface area is 165 Å². The number of hydrogen-bond acceptors (Lipinski definition) is 4. The van der Waals surface area contributed by atoms with Crippen molar-refractivity contribution in [2.24, 2.45) is 0 Å². The summed E-state index contributed by atoms with van der Waals surface area (Å²) in [6.07, 6.45) is -0.799. The first-order valence-corrected chi connectivity index (χ1v) is 9.51. The molecule has 7 nitrogen and oxygen atoms in total. The van der Waals surface area contributed by atoms with Crippen LogP contribution in [0.25, 0.3) is 0 Å². The Hall–Kier alpha value is -2.67. The molecule has 1 aromatic heterocycles. The summed E-state index contributed by atoms with van der Waals surface area (Å²) < 4.78 is 7.58. The molecule has 0 bridgehead atoms. The third-order valence-corrected chi connectivity index (χ3v) is 5.22. The Morgan fingerprint density at radius 2 is 1.86 bits per heavy atom. The maximum absolute atomic E-state index is 13.1. The van der Waals surface area contributed by atoms with Crippen LogP contribution in [0.4, 0.5) is 5.69 Å². The molecule has 1 N–H and O–H groups in total. The van der Waals surface area contributed by atoms with Gasteiger partial charge in [-0.15, -0.1) is 0 Å². The van der Waals surface area contributed by atoms with Gasteiger partial charge < -0.3 is 15.0 Å². The molecule has 3 rings (SSSR count). The van der Waals surface area contributed by atoms with Gasteiger partial charge in [0.15, 0.2) is 6.10 Å². The lowest BCUT2D eigenvalue weighted by atomic mass is 9.96. The zero-order valence-corrected chi connectivity index (χ0v) is 17.3.